The van der Waals surface area contributed by atoms with Gasteiger partial charge in [0.15, 0.2) is 0 Å². The number of benzene rings is 1. The van der Waals surface area contributed by atoms with Gasteiger partial charge in [0.2, 0.25) is 0 Å². The highest BCUT2D eigenvalue weighted by atomic mass is 32.2. The highest BCUT2D eigenvalue weighted by Crippen LogP contribution is 2.12. The van der Waals surface area contributed by atoms with E-state index in [0.29, 0.717) is 0 Å². The van der Waals surface area contributed by atoms with Crippen LogP contribution in [0.4, 0.5) is 0 Å². The van der Waals surface area contributed by atoms with Crippen LogP contribution in [0.25, 0.3) is 0 Å². The van der Waals surface area contributed by atoms with E-state index in [9.17, 15) is 8.42 Å². The molecule has 0 N–H and O–H groups in total. The van der Waals surface area contributed by atoms with Gasteiger partial charge in [-0.3, -0.25) is 4.18 Å². The van der Waals surface area contributed by atoms with Crippen molar-refractivity contribution in [1.82, 2.24) is 0 Å². The van der Waals surface area contributed by atoms with Gasteiger partial charge in [0.1, 0.15) is 6.61 Å². The molecule has 4 nitrogen and oxygen atoms in total. The van der Waals surface area contributed by atoms with Crippen molar-refractivity contribution in [2.24, 2.45) is 0 Å². The molecule has 0 saturated carbocycles. The van der Waals surface area contributed by atoms with Crippen LogP contribution in [0, 0.1) is 19.3 Å². The van der Waals surface area contributed by atoms with E-state index in [0.717, 1.165) is 5.56 Å². The predicted octanol–water partition coefficient (Wildman–Crippen LogP) is 1.35. The van der Waals surface area contributed by atoms with Crippen molar-refractivity contribution in [2.75, 3.05) is 19.8 Å². The highest BCUT2D eigenvalue weighted by molar-refractivity contribution is 7.86. The molecule has 0 bridgehead atoms. The van der Waals surface area contributed by atoms with Crippen LogP contribution in [0.15, 0.2) is 29.2 Å². The summed E-state index contributed by atoms with van der Waals surface area (Å²) in [5.74, 6) is 2.28. The fourth-order valence-electron chi connectivity index (χ4n) is 1.11. The minimum absolute atomic E-state index is 0.0438. The summed E-state index contributed by atoms with van der Waals surface area (Å²) in [4.78, 5) is 0.139. The Morgan fingerprint density at radius 2 is 1.88 bits per heavy atom. The highest BCUT2D eigenvalue weighted by Gasteiger charge is 2.14. The van der Waals surface area contributed by atoms with Gasteiger partial charge in [-0.1, -0.05) is 23.6 Å². The summed E-state index contributed by atoms with van der Waals surface area (Å²) in [6.07, 6.45) is 4.97. The van der Waals surface area contributed by atoms with Gasteiger partial charge < -0.3 is 4.74 Å². The maximum Gasteiger partial charge on any atom is 0.297 e. The van der Waals surface area contributed by atoms with Crippen molar-refractivity contribution < 1.29 is 17.3 Å². The second-order valence-electron chi connectivity index (χ2n) is 3.35. The minimum Gasteiger partial charge on any atom is -0.366 e. The lowest BCUT2D eigenvalue weighted by atomic mass is 10.2. The van der Waals surface area contributed by atoms with Crippen molar-refractivity contribution in [3.05, 3.63) is 29.8 Å². The number of hydrogen-bond acceptors (Lipinski definition) is 4. The van der Waals surface area contributed by atoms with E-state index >= 15 is 0 Å². The first-order valence-electron chi connectivity index (χ1n) is 5.03. The molecular weight excluding hydrogens is 240 g/mol. The Labute approximate surface area is 102 Å². The van der Waals surface area contributed by atoms with Crippen molar-refractivity contribution in [2.45, 2.75) is 11.8 Å². The topological polar surface area (TPSA) is 52.6 Å². The standard InChI is InChI=1S/C12H14O4S/c1-3-8-15-9-10-16-17(13,14)12-6-4-11(2)5-7-12/h1,4-7H,8-10H2,2H3. The first kappa shape index (κ1) is 13.7. The predicted molar refractivity (Wildman–Crippen MR) is 64.0 cm³/mol. The van der Waals surface area contributed by atoms with Gasteiger partial charge in [0, 0.05) is 0 Å². The van der Waals surface area contributed by atoms with E-state index < -0.39 is 10.1 Å². The molecule has 5 heteroatoms. The number of aryl methyl sites for hydroxylation is 1. The van der Waals surface area contributed by atoms with Gasteiger partial charge in [0.25, 0.3) is 10.1 Å². The number of ether oxygens (including phenoxy) is 1. The zero-order valence-electron chi connectivity index (χ0n) is 9.55. The van der Waals surface area contributed by atoms with Gasteiger partial charge in [-0.25, -0.2) is 0 Å². The second-order valence-corrected chi connectivity index (χ2v) is 4.96. The molecule has 0 atom stereocenters. The van der Waals surface area contributed by atoms with Crippen LogP contribution >= 0.6 is 0 Å². The van der Waals surface area contributed by atoms with Crippen LogP contribution in [0.5, 0.6) is 0 Å². The van der Waals surface area contributed by atoms with E-state index in [1.54, 1.807) is 12.1 Å². The SMILES string of the molecule is C#CCOCCOS(=O)(=O)c1ccc(C)cc1. The zero-order valence-corrected chi connectivity index (χ0v) is 10.4. The molecule has 92 valence electrons. The molecule has 0 unspecified atom stereocenters. The molecule has 0 amide bonds. The molecule has 0 aliphatic rings. The van der Waals surface area contributed by atoms with Gasteiger partial charge in [-0.2, -0.15) is 8.42 Å². The monoisotopic (exact) mass is 254 g/mol. The second kappa shape index (κ2) is 6.40. The number of rotatable bonds is 6. The molecular formula is C12H14O4S. The number of terminal acetylenes is 1. The van der Waals surface area contributed by atoms with Gasteiger partial charge >= 0.3 is 0 Å². The maximum atomic E-state index is 11.7. The van der Waals surface area contributed by atoms with Crippen LogP contribution in [0.2, 0.25) is 0 Å². The Morgan fingerprint density at radius 1 is 1.24 bits per heavy atom. The third kappa shape index (κ3) is 4.57. The average molecular weight is 254 g/mol. The van der Waals surface area contributed by atoms with Crippen molar-refractivity contribution in [1.29, 1.82) is 0 Å². The molecule has 0 spiro atoms. The summed E-state index contributed by atoms with van der Waals surface area (Å²) in [6.45, 7) is 2.13. The molecule has 0 aromatic heterocycles. The Hall–Kier alpha value is -1.35. The van der Waals surface area contributed by atoms with Crippen LogP contribution in [-0.2, 0) is 19.0 Å². The molecule has 0 aliphatic heterocycles. The minimum atomic E-state index is -3.70. The third-order valence-corrected chi connectivity index (χ3v) is 3.29. The third-order valence-electron chi connectivity index (χ3n) is 1.96. The normalized spacial score (nSPS) is 11.1. The molecule has 0 aliphatic carbocycles. The molecule has 0 radical (unpaired) electrons. The molecule has 1 aromatic rings. The van der Waals surface area contributed by atoms with E-state index in [1.807, 2.05) is 6.92 Å². The fraction of sp³-hybridized carbons (Fsp3) is 0.333. The smallest absolute Gasteiger partial charge is 0.297 e. The summed E-state index contributed by atoms with van der Waals surface area (Å²) in [7, 11) is -3.70. The lowest BCUT2D eigenvalue weighted by Crippen LogP contribution is -2.11. The fourth-order valence-corrected chi connectivity index (χ4v) is 2.00. The van der Waals surface area contributed by atoms with Crippen LogP contribution in [-0.4, -0.2) is 28.2 Å². The maximum absolute atomic E-state index is 11.7. The Morgan fingerprint density at radius 3 is 2.47 bits per heavy atom. The summed E-state index contributed by atoms with van der Waals surface area (Å²) in [5, 5.41) is 0. The average Bonchev–Trinajstić information content (AvgIpc) is 2.29. The largest absolute Gasteiger partial charge is 0.366 e. The molecule has 0 saturated heterocycles. The van der Waals surface area contributed by atoms with Gasteiger partial charge in [0.05, 0.1) is 18.1 Å². The Balaban J connectivity index is 2.52. The lowest BCUT2D eigenvalue weighted by molar-refractivity contribution is 0.127. The molecule has 17 heavy (non-hydrogen) atoms. The molecule has 1 aromatic carbocycles. The molecule has 1 rings (SSSR count). The van der Waals surface area contributed by atoms with Gasteiger partial charge in [-0.15, -0.1) is 6.42 Å². The summed E-state index contributed by atoms with van der Waals surface area (Å²) in [6, 6.07) is 6.44. The van der Waals surface area contributed by atoms with Crippen LogP contribution in [0.3, 0.4) is 0 Å². The van der Waals surface area contributed by atoms with Crippen molar-refractivity contribution in [3.63, 3.8) is 0 Å². The summed E-state index contributed by atoms with van der Waals surface area (Å²) in [5.41, 5.74) is 0.987. The Bertz CT molecular complexity index is 482. The molecule has 0 heterocycles. The zero-order chi connectivity index (χ0) is 12.7. The van der Waals surface area contributed by atoms with E-state index in [2.05, 4.69) is 5.92 Å². The summed E-state index contributed by atoms with van der Waals surface area (Å²) >= 11 is 0. The number of hydrogen-bond donors (Lipinski definition) is 0. The van der Waals surface area contributed by atoms with E-state index in [4.69, 9.17) is 15.3 Å². The van der Waals surface area contributed by atoms with Crippen molar-refractivity contribution >= 4 is 10.1 Å². The first-order chi connectivity index (χ1) is 8.06. The van der Waals surface area contributed by atoms with E-state index in [-0.39, 0.29) is 24.7 Å². The van der Waals surface area contributed by atoms with Crippen LogP contribution < -0.4 is 0 Å². The summed E-state index contributed by atoms with van der Waals surface area (Å²) < 4.78 is 33.0. The van der Waals surface area contributed by atoms with E-state index in [1.165, 1.54) is 12.1 Å². The molecule has 0 fully saturated rings. The lowest BCUT2D eigenvalue weighted by Gasteiger charge is -2.05. The van der Waals surface area contributed by atoms with Crippen LogP contribution in [0.1, 0.15) is 5.56 Å². The van der Waals surface area contributed by atoms with Gasteiger partial charge in [-0.05, 0) is 19.1 Å². The van der Waals surface area contributed by atoms with Crippen molar-refractivity contribution in [3.8, 4) is 12.3 Å². The first-order valence-corrected chi connectivity index (χ1v) is 6.44. The quantitative estimate of drug-likeness (QED) is 0.437. The Kier molecular flexibility index (Phi) is 5.16.